The lowest BCUT2D eigenvalue weighted by molar-refractivity contribution is 0.560. The fourth-order valence-corrected chi connectivity index (χ4v) is 3.39. The molecule has 1 aromatic heterocycles. The molecule has 0 radical (unpaired) electrons. The van der Waals surface area contributed by atoms with Crippen molar-refractivity contribution in [2.24, 2.45) is 0 Å². The van der Waals surface area contributed by atoms with Crippen LogP contribution in [-0.4, -0.2) is 22.3 Å². The Hall–Kier alpha value is -0.0400. The van der Waals surface area contributed by atoms with Crippen LogP contribution in [0.25, 0.3) is 0 Å². The van der Waals surface area contributed by atoms with Crippen molar-refractivity contribution in [3.8, 4) is 0 Å². The van der Waals surface area contributed by atoms with Gasteiger partial charge in [0.05, 0.1) is 15.0 Å². The van der Waals surface area contributed by atoms with Gasteiger partial charge < -0.3 is 5.32 Å². The highest BCUT2D eigenvalue weighted by Crippen LogP contribution is 2.30. The molecule has 5 heteroatoms. The lowest BCUT2D eigenvalue weighted by Crippen LogP contribution is -2.19. The average Bonchev–Trinajstić information content (AvgIpc) is 2.25. The van der Waals surface area contributed by atoms with Crippen LogP contribution < -0.4 is 5.32 Å². The van der Waals surface area contributed by atoms with E-state index in [2.05, 4.69) is 67.5 Å². The molecule has 0 aliphatic rings. The predicted octanol–water partition coefficient (Wildman–Crippen LogP) is 4.06. The van der Waals surface area contributed by atoms with E-state index in [4.69, 9.17) is 4.98 Å². The first-order chi connectivity index (χ1) is 8.25. The smallest absolute Gasteiger partial charge is 0.143 e. The number of anilines is 1. The average molecular weight is 379 g/mol. The van der Waals surface area contributed by atoms with Gasteiger partial charge >= 0.3 is 0 Å². The largest absolute Gasteiger partial charge is 0.372 e. The Balaban J connectivity index is 3.14. The molecule has 1 aromatic rings. The molecule has 3 nitrogen and oxygen atoms in total. The number of hydrogen-bond acceptors (Lipinski definition) is 4. The van der Waals surface area contributed by atoms with Crippen LogP contribution >= 0.6 is 34.4 Å². The molecule has 0 saturated heterocycles. The molecule has 1 N–H and O–H groups in total. The summed E-state index contributed by atoms with van der Waals surface area (Å²) >= 11 is 4.20. The van der Waals surface area contributed by atoms with Crippen molar-refractivity contribution in [2.75, 3.05) is 12.4 Å². The number of aromatic nitrogens is 2. The standard InChI is InChI=1S/C13H22IN3S/c1-8(2)18-7-9-16-11(13(3,4)5)10(14)12(15-6)17-9/h8H,7H2,1-6H3,(H,15,16,17). The van der Waals surface area contributed by atoms with Crippen molar-refractivity contribution in [3.63, 3.8) is 0 Å². The third-order valence-electron chi connectivity index (χ3n) is 2.39. The summed E-state index contributed by atoms with van der Waals surface area (Å²) in [7, 11) is 1.91. The molecule has 0 bridgehead atoms. The summed E-state index contributed by atoms with van der Waals surface area (Å²) in [6.45, 7) is 11.0. The topological polar surface area (TPSA) is 37.8 Å². The van der Waals surface area contributed by atoms with Crippen molar-refractivity contribution in [3.05, 3.63) is 15.1 Å². The van der Waals surface area contributed by atoms with Crippen molar-refractivity contribution in [2.45, 2.75) is 51.0 Å². The van der Waals surface area contributed by atoms with E-state index in [1.807, 2.05) is 18.8 Å². The lowest BCUT2D eigenvalue weighted by Gasteiger charge is -2.21. The minimum atomic E-state index is 0.0440. The molecule has 0 amide bonds. The molecule has 18 heavy (non-hydrogen) atoms. The van der Waals surface area contributed by atoms with E-state index in [9.17, 15) is 0 Å². The van der Waals surface area contributed by atoms with E-state index >= 15 is 0 Å². The van der Waals surface area contributed by atoms with Crippen molar-refractivity contribution in [1.29, 1.82) is 0 Å². The fourth-order valence-electron chi connectivity index (χ4n) is 1.46. The summed E-state index contributed by atoms with van der Waals surface area (Å²) in [5.74, 6) is 2.73. The molecular weight excluding hydrogens is 357 g/mol. The maximum Gasteiger partial charge on any atom is 0.143 e. The van der Waals surface area contributed by atoms with E-state index in [0.717, 1.165) is 26.7 Å². The molecule has 102 valence electrons. The summed E-state index contributed by atoms with van der Waals surface area (Å²) in [6.07, 6.45) is 0. The van der Waals surface area contributed by atoms with Gasteiger partial charge in [0.15, 0.2) is 0 Å². The number of nitrogens with zero attached hydrogens (tertiary/aromatic N) is 2. The van der Waals surface area contributed by atoms with Gasteiger partial charge in [-0.2, -0.15) is 11.8 Å². The monoisotopic (exact) mass is 379 g/mol. The highest BCUT2D eigenvalue weighted by Gasteiger charge is 2.22. The Labute approximate surface area is 128 Å². The zero-order valence-corrected chi connectivity index (χ0v) is 14.9. The second kappa shape index (κ2) is 6.41. The van der Waals surface area contributed by atoms with Crippen LogP contribution in [-0.2, 0) is 11.2 Å². The van der Waals surface area contributed by atoms with Gasteiger partial charge in [-0.15, -0.1) is 0 Å². The van der Waals surface area contributed by atoms with E-state index in [-0.39, 0.29) is 5.41 Å². The summed E-state index contributed by atoms with van der Waals surface area (Å²) < 4.78 is 1.13. The molecule has 0 aliphatic carbocycles. The predicted molar refractivity (Wildman–Crippen MR) is 89.4 cm³/mol. The second-order valence-electron chi connectivity index (χ2n) is 5.51. The van der Waals surface area contributed by atoms with Crippen LogP contribution in [0.4, 0.5) is 5.82 Å². The normalized spacial score (nSPS) is 12.0. The highest BCUT2D eigenvalue weighted by atomic mass is 127. The lowest BCUT2D eigenvalue weighted by atomic mass is 9.92. The molecule has 0 aliphatic heterocycles. The number of nitrogens with one attached hydrogen (secondary N) is 1. The minimum absolute atomic E-state index is 0.0440. The Morgan fingerprint density at radius 1 is 1.28 bits per heavy atom. The number of hydrogen-bond donors (Lipinski definition) is 1. The fraction of sp³-hybridized carbons (Fsp3) is 0.692. The van der Waals surface area contributed by atoms with Gasteiger partial charge in [0.2, 0.25) is 0 Å². The SMILES string of the molecule is CNc1nc(CSC(C)C)nc(C(C)(C)C)c1I. The van der Waals surface area contributed by atoms with Gasteiger partial charge in [0.1, 0.15) is 11.6 Å². The molecule has 0 spiro atoms. The van der Waals surface area contributed by atoms with Crippen LogP contribution in [0.1, 0.15) is 46.1 Å². The van der Waals surface area contributed by atoms with E-state index in [1.165, 1.54) is 0 Å². The maximum atomic E-state index is 4.74. The maximum absolute atomic E-state index is 4.74. The van der Waals surface area contributed by atoms with Crippen LogP contribution in [0.2, 0.25) is 0 Å². The first-order valence-corrected chi connectivity index (χ1v) is 8.24. The second-order valence-corrected chi connectivity index (χ2v) is 8.15. The van der Waals surface area contributed by atoms with Gasteiger partial charge in [0.25, 0.3) is 0 Å². The number of halogens is 1. The summed E-state index contributed by atoms with van der Waals surface area (Å²) in [6, 6.07) is 0. The zero-order valence-electron chi connectivity index (χ0n) is 12.0. The third-order valence-corrected chi connectivity index (χ3v) is 4.50. The van der Waals surface area contributed by atoms with Gasteiger partial charge in [-0.1, -0.05) is 34.6 Å². The van der Waals surface area contributed by atoms with Crippen LogP contribution in [0.3, 0.4) is 0 Å². The first kappa shape index (κ1) is 16.0. The zero-order chi connectivity index (χ0) is 13.9. The van der Waals surface area contributed by atoms with Crippen LogP contribution in [0.5, 0.6) is 0 Å². The van der Waals surface area contributed by atoms with Crippen LogP contribution in [0, 0.1) is 3.57 Å². The third kappa shape index (κ3) is 4.26. The van der Waals surface area contributed by atoms with Gasteiger partial charge in [-0.3, -0.25) is 0 Å². The Bertz CT molecular complexity index is 413. The van der Waals surface area contributed by atoms with Crippen molar-refractivity contribution < 1.29 is 0 Å². The quantitative estimate of drug-likeness (QED) is 0.801. The minimum Gasteiger partial charge on any atom is -0.372 e. The van der Waals surface area contributed by atoms with Gasteiger partial charge in [-0.05, 0) is 27.8 Å². The molecule has 1 rings (SSSR count). The number of thioether (sulfide) groups is 1. The Morgan fingerprint density at radius 3 is 2.33 bits per heavy atom. The Morgan fingerprint density at radius 2 is 1.89 bits per heavy atom. The molecule has 0 atom stereocenters. The molecular formula is C13H22IN3S. The molecule has 1 heterocycles. The van der Waals surface area contributed by atoms with Crippen molar-refractivity contribution >= 4 is 40.2 Å². The summed E-state index contributed by atoms with van der Waals surface area (Å²) in [5, 5.41) is 3.77. The molecule has 0 aromatic carbocycles. The highest BCUT2D eigenvalue weighted by molar-refractivity contribution is 14.1. The van der Waals surface area contributed by atoms with Crippen LogP contribution in [0.15, 0.2) is 0 Å². The summed E-state index contributed by atoms with van der Waals surface area (Å²) in [4.78, 5) is 9.33. The van der Waals surface area contributed by atoms with E-state index in [1.54, 1.807) is 0 Å². The Kier molecular flexibility index (Phi) is 5.70. The van der Waals surface area contributed by atoms with Gasteiger partial charge in [-0.25, -0.2) is 9.97 Å². The van der Waals surface area contributed by atoms with E-state index < -0.39 is 0 Å². The van der Waals surface area contributed by atoms with E-state index in [0.29, 0.717) is 5.25 Å². The summed E-state index contributed by atoms with van der Waals surface area (Å²) in [5.41, 5.74) is 1.17. The first-order valence-electron chi connectivity index (χ1n) is 6.12. The molecule has 0 unspecified atom stereocenters. The molecule has 0 saturated carbocycles. The number of rotatable bonds is 4. The molecule has 0 fully saturated rings. The van der Waals surface area contributed by atoms with Gasteiger partial charge in [0, 0.05) is 12.5 Å². The van der Waals surface area contributed by atoms with Crippen molar-refractivity contribution in [1.82, 2.24) is 9.97 Å².